The van der Waals surface area contributed by atoms with Crippen LogP contribution in [0.2, 0.25) is 0 Å². The summed E-state index contributed by atoms with van der Waals surface area (Å²) in [6, 6.07) is 8.06. The molecule has 1 heterocycles. The van der Waals surface area contributed by atoms with Gasteiger partial charge in [-0.25, -0.2) is 0 Å². The summed E-state index contributed by atoms with van der Waals surface area (Å²) in [5, 5.41) is 0. The fraction of sp³-hybridized carbons (Fsp3) is 0.267. The summed E-state index contributed by atoms with van der Waals surface area (Å²) in [5.74, 6) is 1.01. The lowest BCUT2D eigenvalue weighted by molar-refractivity contribution is -0.113. The molecule has 0 bridgehead atoms. The van der Waals surface area contributed by atoms with E-state index < -0.39 is 0 Å². The van der Waals surface area contributed by atoms with Crippen LogP contribution >= 0.6 is 0 Å². The lowest BCUT2D eigenvalue weighted by atomic mass is 9.75. The van der Waals surface area contributed by atoms with Crippen LogP contribution in [0.25, 0.3) is 0 Å². The van der Waals surface area contributed by atoms with Crippen molar-refractivity contribution >= 4 is 5.78 Å². The summed E-state index contributed by atoms with van der Waals surface area (Å²) in [6.45, 7) is 3.73. The molecule has 1 aliphatic heterocycles. The van der Waals surface area contributed by atoms with E-state index in [9.17, 15) is 4.79 Å². The van der Waals surface area contributed by atoms with E-state index in [-0.39, 0.29) is 17.3 Å². The highest BCUT2D eigenvalue weighted by Crippen LogP contribution is 2.46. The van der Waals surface area contributed by atoms with Crippen LogP contribution in [0.3, 0.4) is 0 Å². The number of benzene rings is 1. The first-order valence-electron chi connectivity index (χ1n) is 5.79. The van der Waals surface area contributed by atoms with Gasteiger partial charge in [0.2, 0.25) is 0 Å². The van der Waals surface area contributed by atoms with Gasteiger partial charge >= 0.3 is 0 Å². The zero-order valence-corrected chi connectivity index (χ0v) is 9.94. The molecule has 1 aromatic rings. The number of allylic oxidation sites excluding steroid dienone is 2. The van der Waals surface area contributed by atoms with E-state index in [0.29, 0.717) is 0 Å². The molecule has 1 aromatic carbocycles. The van der Waals surface area contributed by atoms with Gasteiger partial charge in [-0.3, -0.25) is 4.79 Å². The summed E-state index contributed by atoms with van der Waals surface area (Å²) >= 11 is 0. The van der Waals surface area contributed by atoms with E-state index in [0.717, 1.165) is 11.3 Å². The first kappa shape index (κ1) is 10.3. The van der Waals surface area contributed by atoms with Gasteiger partial charge in [-0.05, 0) is 26.0 Å². The number of ketones is 1. The minimum atomic E-state index is -0.143. The van der Waals surface area contributed by atoms with E-state index >= 15 is 0 Å². The van der Waals surface area contributed by atoms with E-state index in [1.54, 1.807) is 6.92 Å². The lowest BCUT2D eigenvalue weighted by Crippen LogP contribution is -2.34. The first-order valence-corrected chi connectivity index (χ1v) is 5.79. The molecule has 0 spiro atoms. The van der Waals surface area contributed by atoms with Crippen LogP contribution in [0.5, 0.6) is 5.75 Å². The predicted octanol–water partition coefficient (Wildman–Crippen LogP) is 2.79. The van der Waals surface area contributed by atoms with Gasteiger partial charge in [-0.15, -0.1) is 0 Å². The van der Waals surface area contributed by atoms with E-state index in [1.165, 1.54) is 5.56 Å². The van der Waals surface area contributed by atoms with Gasteiger partial charge in [0.25, 0.3) is 0 Å². The minimum absolute atomic E-state index is 0.0659. The van der Waals surface area contributed by atoms with Crippen LogP contribution in [0.1, 0.15) is 19.4 Å². The van der Waals surface area contributed by atoms with Gasteiger partial charge in [0, 0.05) is 11.1 Å². The van der Waals surface area contributed by atoms with Crippen molar-refractivity contribution in [2.75, 3.05) is 0 Å². The van der Waals surface area contributed by atoms with Crippen molar-refractivity contribution in [1.82, 2.24) is 0 Å². The van der Waals surface area contributed by atoms with E-state index in [2.05, 4.69) is 19.1 Å². The normalized spacial score (nSPS) is 29.1. The van der Waals surface area contributed by atoms with Crippen molar-refractivity contribution in [3.8, 4) is 5.75 Å². The Balaban J connectivity index is 2.09. The standard InChI is InChI=1S/C15H14O2/c1-10(16)11-7-8-15(2)12-5-3-4-6-13(12)17-14(15)9-11/h3-9,14H,1-2H3. The lowest BCUT2D eigenvalue weighted by Gasteiger charge is -2.28. The fourth-order valence-corrected chi connectivity index (χ4v) is 2.53. The molecule has 86 valence electrons. The molecule has 0 aromatic heterocycles. The Bertz CT molecular complexity index is 554. The SMILES string of the molecule is CC(=O)C1=CC2Oc3ccccc3C2(C)C=C1. The van der Waals surface area contributed by atoms with E-state index in [1.807, 2.05) is 30.4 Å². The molecule has 0 fully saturated rings. The van der Waals surface area contributed by atoms with Gasteiger partial charge in [-0.1, -0.05) is 30.4 Å². The Morgan fingerprint density at radius 2 is 2.12 bits per heavy atom. The first-order chi connectivity index (χ1) is 8.11. The molecule has 1 aliphatic carbocycles. The number of rotatable bonds is 1. The summed E-state index contributed by atoms with van der Waals surface area (Å²) in [6.07, 6.45) is 5.86. The smallest absolute Gasteiger partial charge is 0.159 e. The second-order valence-corrected chi connectivity index (χ2v) is 4.83. The third-order valence-corrected chi connectivity index (χ3v) is 3.66. The van der Waals surface area contributed by atoms with Crippen molar-refractivity contribution in [2.45, 2.75) is 25.4 Å². The Morgan fingerprint density at radius 1 is 1.35 bits per heavy atom. The monoisotopic (exact) mass is 226 g/mol. The zero-order chi connectivity index (χ0) is 12.0. The second kappa shape index (κ2) is 3.33. The minimum Gasteiger partial charge on any atom is -0.485 e. The summed E-state index contributed by atoms with van der Waals surface area (Å²) < 4.78 is 5.91. The molecule has 2 nitrogen and oxygen atoms in total. The van der Waals surface area contributed by atoms with Crippen LogP contribution in [0, 0.1) is 0 Å². The summed E-state index contributed by atoms with van der Waals surface area (Å²) in [7, 11) is 0. The topological polar surface area (TPSA) is 26.3 Å². The molecular weight excluding hydrogens is 212 g/mol. The number of Topliss-reactive ketones (excluding diaryl/α,β-unsaturated/α-hetero) is 1. The summed E-state index contributed by atoms with van der Waals surface area (Å²) in [5.41, 5.74) is 1.79. The number of fused-ring (bicyclic) bond motifs is 3. The molecule has 0 radical (unpaired) electrons. The van der Waals surface area contributed by atoms with Crippen molar-refractivity contribution in [2.24, 2.45) is 0 Å². The second-order valence-electron chi connectivity index (χ2n) is 4.83. The van der Waals surface area contributed by atoms with Crippen LogP contribution in [0.4, 0.5) is 0 Å². The number of hydrogen-bond donors (Lipinski definition) is 0. The molecule has 0 saturated heterocycles. The third-order valence-electron chi connectivity index (χ3n) is 3.66. The molecular formula is C15H14O2. The molecule has 2 unspecified atom stereocenters. The Morgan fingerprint density at radius 3 is 2.88 bits per heavy atom. The molecule has 3 rings (SSSR count). The van der Waals surface area contributed by atoms with Gasteiger partial charge in [0.15, 0.2) is 5.78 Å². The summed E-state index contributed by atoms with van der Waals surface area (Å²) in [4.78, 5) is 11.4. The molecule has 2 atom stereocenters. The van der Waals surface area contributed by atoms with Crippen molar-refractivity contribution in [3.05, 3.63) is 53.6 Å². The van der Waals surface area contributed by atoms with Crippen molar-refractivity contribution < 1.29 is 9.53 Å². The quantitative estimate of drug-likeness (QED) is 0.736. The van der Waals surface area contributed by atoms with Gasteiger partial charge < -0.3 is 4.74 Å². The Hall–Kier alpha value is -1.83. The number of ether oxygens (including phenoxy) is 1. The maximum Gasteiger partial charge on any atom is 0.159 e. The Labute approximate surface area is 101 Å². The molecule has 0 N–H and O–H groups in total. The van der Waals surface area contributed by atoms with Crippen LogP contribution in [-0.2, 0) is 10.2 Å². The van der Waals surface area contributed by atoms with Gasteiger partial charge in [-0.2, -0.15) is 0 Å². The maximum absolute atomic E-state index is 11.4. The highest BCUT2D eigenvalue weighted by atomic mass is 16.5. The highest BCUT2D eigenvalue weighted by Gasteiger charge is 2.43. The number of carbonyl (C=O) groups excluding carboxylic acids is 1. The van der Waals surface area contributed by atoms with Crippen LogP contribution in [0.15, 0.2) is 48.1 Å². The number of carbonyl (C=O) groups is 1. The molecule has 2 aliphatic rings. The van der Waals surface area contributed by atoms with Crippen molar-refractivity contribution in [3.63, 3.8) is 0 Å². The number of hydrogen-bond acceptors (Lipinski definition) is 2. The molecule has 0 amide bonds. The average molecular weight is 226 g/mol. The fourth-order valence-electron chi connectivity index (χ4n) is 2.53. The van der Waals surface area contributed by atoms with Gasteiger partial charge in [0.1, 0.15) is 11.9 Å². The predicted molar refractivity (Wildman–Crippen MR) is 66.1 cm³/mol. The van der Waals surface area contributed by atoms with Gasteiger partial charge in [0.05, 0.1) is 5.41 Å². The molecule has 0 saturated carbocycles. The maximum atomic E-state index is 11.4. The van der Waals surface area contributed by atoms with Crippen LogP contribution in [-0.4, -0.2) is 11.9 Å². The van der Waals surface area contributed by atoms with E-state index in [4.69, 9.17) is 4.74 Å². The average Bonchev–Trinajstić information content (AvgIpc) is 2.61. The molecule has 2 heteroatoms. The Kier molecular flexibility index (Phi) is 2.02. The van der Waals surface area contributed by atoms with Crippen LogP contribution < -0.4 is 4.74 Å². The zero-order valence-electron chi connectivity index (χ0n) is 9.94. The molecule has 17 heavy (non-hydrogen) atoms. The number of para-hydroxylation sites is 1. The largest absolute Gasteiger partial charge is 0.485 e. The highest BCUT2D eigenvalue weighted by molar-refractivity contribution is 5.96. The third kappa shape index (κ3) is 1.37. The van der Waals surface area contributed by atoms with Crippen molar-refractivity contribution in [1.29, 1.82) is 0 Å².